The Labute approximate surface area is 125 Å². The number of nitrogens with one attached hydrogen (secondary N) is 1. The number of rotatable bonds is 4. The second-order valence-electron chi connectivity index (χ2n) is 5.17. The van der Waals surface area contributed by atoms with Gasteiger partial charge in [0.1, 0.15) is 0 Å². The smallest absolute Gasteiger partial charge is 0.203 e. The van der Waals surface area contributed by atoms with Crippen LogP contribution in [0.4, 0.5) is 5.95 Å². The first kappa shape index (κ1) is 13.4. The molecule has 0 spiro atoms. The maximum atomic E-state index is 4.51. The van der Waals surface area contributed by atoms with Gasteiger partial charge in [0.2, 0.25) is 5.95 Å². The van der Waals surface area contributed by atoms with Crippen molar-refractivity contribution in [3.05, 3.63) is 72.4 Å². The molecule has 0 unspecified atom stereocenters. The average molecular weight is 277 g/mol. The molecule has 1 atom stereocenters. The van der Waals surface area contributed by atoms with Crippen LogP contribution in [0.1, 0.15) is 18.5 Å². The van der Waals surface area contributed by atoms with Gasteiger partial charge in [-0.3, -0.25) is 0 Å². The molecule has 0 fully saturated rings. The summed E-state index contributed by atoms with van der Waals surface area (Å²) < 4.78 is 2.09. The highest BCUT2D eigenvalue weighted by Gasteiger charge is 2.11. The number of anilines is 1. The summed E-state index contributed by atoms with van der Waals surface area (Å²) in [6.07, 6.45) is 1.91. The minimum Gasteiger partial charge on any atom is -0.349 e. The summed E-state index contributed by atoms with van der Waals surface area (Å²) in [5.41, 5.74) is 3.54. The highest BCUT2D eigenvalue weighted by Crippen LogP contribution is 2.24. The van der Waals surface area contributed by atoms with E-state index in [-0.39, 0.29) is 6.04 Å². The van der Waals surface area contributed by atoms with Gasteiger partial charge >= 0.3 is 0 Å². The normalized spacial score (nSPS) is 12.1. The van der Waals surface area contributed by atoms with Gasteiger partial charge in [-0.15, -0.1) is 0 Å². The largest absolute Gasteiger partial charge is 0.349 e. The van der Waals surface area contributed by atoms with Crippen LogP contribution >= 0.6 is 0 Å². The van der Waals surface area contributed by atoms with Crippen molar-refractivity contribution in [3.63, 3.8) is 0 Å². The van der Waals surface area contributed by atoms with E-state index in [9.17, 15) is 0 Å². The van der Waals surface area contributed by atoms with Crippen molar-refractivity contribution in [2.75, 3.05) is 5.32 Å². The molecule has 0 saturated carbocycles. The van der Waals surface area contributed by atoms with Crippen LogP contribution in [0.3, 0.4) is 0 Å². The summed E-state index contributed by atoms with van der Waals surface area (Å²) in [7, 11) is 2.04. The van der Waals surface area contributed by atoms with E-state index < -0.39 is 0 Å². The molecule has 0 aliphatic heterocycles. The fraction of sp³-hybridized carbons (Fsp3) is 0.167. The third kappa shape index (κ3) is 2.82. The van der Waals surface area contributed by atoms with Crippen molar-refractivity contribution in [1.82, 2.24) is 9.55 Å². The zero-order valence-electron chi connectivity index (χ0n) is 12.3. The van der Waals surface area contributed by atoms with Crippen LogP contribution in [-0.2, 0) is 7.05 Å². The highest BCUT2D eigenvalue weighted by atomic mass is 15.2. The van der Waals surface area contributed by atoms with Crippen molar-refractivity contribution in [2.24, 2.45) is 7.05 Å². The van der Waals surface area contributed by atoms with Crippen LogP contribution in [0.25, 0.3) is 11.3 Å². The zero-order valence-corrected chi connectivity index (χ0v) is 12.3. The van der Waals surface area contributed by atoms with Gasteiger partial charge in [0, 0.05) is 7.05 Å². The molecule has 0 radical (unpaired) electrons. The Bertz CT molecular complexity index is 702. The molecule has 1 aromatic heterocycles. The first-order valence-electron chi connectivity index (χ1n) is 7.14. The summed E-state index contributed by atoms with van der Waals surface area (Å²) >= 11 is 0. The van der Waals surface area contributed by atoms with Gasteiger partial charge in [0.25, 0.3) is 0 Å². The molecule has 0 amide bonds. The lowest BCUT2D eigenvalue weighted by Crippen LogP contribution is -2.10. The third-order valence-corrected chi connectivity index (χ3v) is 3.70. The molecule has 0 bridgehead atoms. The minimum absolute atomic E-state index is 0.218. The quantitative estimate of drug-likeness (QED) is 0.772. The molecule has 0 saturated heterocycles. The molecular weight excluding hydrogens is 258 g/mol. The lowest BCUT2D eigenvalue weighted by molar-refractivity contribution is 0.826. The Kier molecular flexibility index (Phi) is 3.73. The first-order chi connectivity index (χ1) is 10.3. The van der Waals surface area contributed by atoms with E-state index >= 15 is 0 Å². The van der Waals surface area contributed by atoms with E-state index in [0.717, 1.165) is 11.6 Å². The van der Waals surface area contributed by atoms with Crippen molar-refractivity contribution < 1.29 is 0 Å². The van der Waals surface area contributed by atoms with Crippen LogP contribution < -0.4 is 5.32 Å². The number of benzene rings is 2. The van der Waals surface area contributed by atoms with Gasteiger partial charge in [-0.05, 0) is 18.1 Å². The maximum absolute atomic E-state index is 4.51. The molecule has 1 N–H and O–H groups in total. The summed E-state index contributed by atoms with van der Waals surface area (Å²) in [4.78, 5) is 4.51. The number of nitrogens with zero attached hydrogens (tertiary/aromatic N) is 2. The van der Waals surface area contributed by atoms with Crippen molar-refractivity contribution in [1.29, 1.82) is 0 Å². The maximum Gasteiger partial charge on any atom is 0.203 e. The number of hydrogen-bond acceptors (Lipinski definition) is 2. The van der Waals surface area contributed by atoms with Gasteiger partial charge in [-0.1, -0.05) is 60.7 Å². The standard InChI is InChI=1S/C18H19N3/c1-14(15-9-5-3-6-10-15)20-18-19-13-17(21(18)2)16-11-7-4-8-12-16/h3-14H,1-2H3,(H,19,20)/t14-/m1/s1. The molecule has 106 valence electrons. The van der Waals surface area contributed by atoms with Gasteiger partial charge < -0.3 is 9.88 Å². The summed E-state index contributed by atoms with van der Waals surface area (Å²) in [6.45, 7) is 2.15. The Morgan fingerprint density at radius 3 is 2.24 bits per heavy atom. The van der Waals surface area contributed by atoms with E-state index in [2.05, 4.69) is 58.2 Å². The molecule has 3 heteroatoms. The molecular formula is C18H19N3. The number of aromatic nitrogens is 2. The summed E-state index contributed by atoms with van der Waals surface area (Å²) in [5, 5.41) is 3.47. The van der Waals surface area contributed by atoms with Crippen LogP contribution in [0.15, 0.2) is 66.9 Å². The SMILES string of the molecule is C[C@@H](Nc1ncc(-c2ccccc2)n1C)c1ccccc1. The summed E-state index contributed by atoms with van der Waals surface area (Å²) in [6, 6.07) is 20.9. The molecule has 1 heterocycles. The second-order valence-corrected chi connectivity index (χ2v) is 5.17. The lowest BCUT2D eigenvalue weighted by atomic mass is 10.1. The zero-order chi connectivity index (χ0) is 14.7. The fourth-order valence-electron chi connectivity index (χ4n) is 2.44. The van der Waals surface area contributed by atoms with Crippen molar-refractivity contribution >= 4 is 5.95 Å². The predicted octanol–water partition coefficient (Wildman–Crippen LogP) is 4.26. The summed E-state index contributed by atoms with van der Waals surface area (Å²) in [5.74, 6) is 0.880. The topological polar surface area (TPSA) is 29.9 Å². The Morgan fingerprint density at radius 1 is 0.952 bits per heavy atom. The lowest BCUT2D eigenvalue weighted by Gasteiger charge is -2.15. The van der Waals surface area contributed by atoms with Crippen LogP contribution in [0.5, 0.6) is 0 Å². The molecule has 0 aliphatic carbocycles. The Morgan fingerprint density at radius 2 is 1.57 bits per heavy atom. The van der Waals surface area contributed by atoms with Gasteiger partial charge in [0.15, 0.2) is 0 Å². The molecule has 0 aliphatic rings. The Balaban J connectivity index is 1.83. The van der Waals surface area contributed by atoms with Crippen molar-refractivity contribution in [3.8, 4) is 11.3 Å². The molecule has 3 aromatic rings. The Hall–Kier alpha value is -2.55. The minimum atomic E-state index is 0.218. The molecule has 2 aromatic carbocycles. The van der Waals surface area contributed by atoms with E-state index in [1.165, 1.54) is 11.1 Å². The van der Waals surface area contributed by atoms with E-state index in [0.29, 0.717) is 0 Å². The van der Waals surface area contributed by atoms with Crippen LogP contribution in [0, 0.1) is 0 Å². The second kappa shape index (κ2) is 5.83. The molecule has 3 rings (SSSR count). The van der Waals surface area contributed by atoms with E-state index in [1.54, 1.807) is 0 Å². The predicted molar refractivity (Wildman–Crippen MR) is 87.1 cm³/mol. The first-order valence-corrected chi connectivity index (χ1v) is 7.14. The van der Waals surface area contributed by atoms with Gasteiger partial charge in [-0.2, -0.15) is 0 Å². The number of imidazole rings is 1. The van der Waals surface area contributed by atoms with E-state index in [1.807, 2.05) is 37.5 Å². The fourth-order valence-corrected chi connectivity index (χ4v) is 2.44. The van der Waals surface area contributed by atoms with E-state index in [4.69, 9.17) is 0 Å². The van der Waals surface area contributed by atoms with Gasteiger partial charge in [0.05, 0.1) is 17.9 Å². The molecule has 3 nitrogen and oxygen atoms in total. The monoisotopic (exact) mass is 277 g/mol. The van der Waals surface area contributed by atoms with Crippen LogP contribution in [0.2, 0.25) is 0 Å². The van der Waals surface area contributed by atoms with Gasteiger partial charge in [-0.25, -0.2) is 4.98 Å². The van der Waals surface area contributed by atoms with Crippen molar-refractivity contribution in [2.45, 2.75) is 13.0 Å². The highest BCUT2D eigenvalue weighted by molar-refractivity contribution is 5.61. The van der Waals surface area contributed by atoms with Crippen LogP contribution in [-0.4, -0.2) is 9.55 Å². The molecule has 21 heavy (non-hydrogen) atoms. The number of hydrogen-bond donors (Lipinski definition) is 1. The third-order valence-electron chi connectivity index (χ3n) is 3.70. The average Bonchev–Trinajstić information content (AvgIpc) is 2.90.